The molecular weight excluding hydrogens is 266 g/mol. The molecule has 1 atom stereocenters. The van der Waals surface area contributed by atoms with Crippen LogP contribution in [0.4, 0.5) is 0 Å². The molecular formula is C16H21N3O2. The molecule has 112 valence electrons. The molecule has 1 aromatic carbocycles. The van der Waals surface area contributed by atoms with Gasteiger partial charge >= 0.3 is 0 Å². The van der Waals surface area contributed by atoms with Crippen LogP contribution in [0.15, 0.2) is 18.2 Å². The Morgan fingerprint density at radius 1 is 1.52 bits per heavy atom. The van der Waals surface area contributed by atoms with E-state index in [9.17, 15) is 4.79 Å². The SMILES string of the molecule is Cc1ccc2c(c1)c(CNC(=O)C1(C)CCCO1)nn2C. The highest BCUT2D eigenvalue weighted by atomic mass is 16.5. The molecule has 2 aromatic rings. The van der Waals surface area contributed by atoms with Gasteiger partial charge in [0.25, 0.3) is 5.91 Å². The normalized spacial score (nSPS) is 21.9. The second-order valence-corrected chi connectivity index (χ2v) is 5.96. The summed E-state index contributed by atoms with van der Waals surface area (Å²) >= 11 is 0. The lowest BCUT2D eigenvalue weighted by atomic mass is 10.0. The molecule has 0 radical (unpaired) electrons. The van der Waals surface area contributed by atoms with Gasteiger partial charge in [-0.1, -0.05) is 11.6 Å². The van der Waals surface area contributed by atoms with E-state index in [4.69, 9.17) is 4.74 Å². The van der Waals surface area contributed by atoms with Crippen LogP contribution in [0.2, 0.25) is 0 Å². The number of carbonyl (C=O) groups is 1. The van der Waals surface area contributed by atoms with Crippen LogP contribution >= 0.6 is 0 Å². The first-order valence-electron chi connectivity index (χ1n) is 7.34. The molecule has 0 spiro atoms. The lowest BCUT2D eigenvalue weighted by Gasteiger charge is -2.21. The molecule has 5 heteroatoms. The van der Waals surface area contributed by atoms with Gasteiger partial charge in [-0.15, -0.1) is 0 Å². The number of nitrogens with one attached hydrogen (secondary N) is 1. The summed E-state index contributed by atoms with van der Waals surface area (Å²) in [6.07, 6.45) is 1.72. The molecule has 1 aliphatic rings. The van der Waals surface area contributed by atoms with Gasteiger partial charge in [-0.25, -0.2) is 0 Å². The van der Waals surface area contributed by atoms with Gasteiger partial charge in [0.05, 0.1) is 17.8 Å². The molecule has 1 N–H and O–H groups in total. The van der Waals surface area contributed by atoms with Crippen LogP contribution < -0.4 is 5.32 Å². The Balaban J connectivity index is 1.79. The van der Waals surface area contributed by atoms with Gasteiger partial charge in [0.15, 0.2) is 0 Å². The quantitative estimate of drug-likeness (QED) is 0.940. The summed E-state index contributed by atoms with van der Waals surface area (Å²) in [6.45, 7) is 5.01. The fraction of sp³-hybridized carbons (Fsp3) is 0.500. The second-order valence-electron chi connectivity index (χ2n) is 5.96. The minimum Gasteiger partial charge on any atom is -0.365 e. The van der Waals surface area contributed by atoms with Crippen LogP contribution in [0.25, 0.3) is 10.9 Å². The molecule has 1 unspecified atom stereocenters. The summed E-state index contributed by atoms with van der Waals surface area (Å²) in [5.41, 5.74) is 2.48. The zero-order chi connectivity index (χ0) is 15.0. The molecule has 1 saturated heterocycles. The number of hydrogen-bond donors (Lipinski definition) is 1. The van der Waals surface area contributed by atoms with E-state index >= 15 is 0 Å². The Hall–Kier alpha value is -1.88. The monoisotopic (exact) mass is 287 g/mol. The first-order chi connectivity index (χ1) is 9.99. The number of aromatic nitrogens is 2. The van der Waals surface area contributed by atoms with E-state index in [-0.39, 0.29) is 5.91 Å². The van der Waals surface area contributed by atoms with Gasteiger partial charge in [0.1, 0.15) is 5.60 Å². The van der Waals surface area contributed by atoms with E-state index < -0.39 is 5.60 Å². The van der Waals surface area contributed by atoms with Crippen LogP contribution in [0.3, 0.4) is 0 Å². The lowest BCUT2D eigenvalue weighted by Crippen LogP contribution is -2.43. The standard InChI is InChI=1S/C16H21N3O2/c1-11-5-6-14-12(9-11)13(18-19(14)3)10-17-15(20)16(2)7-4-8-21-16/h5-6,9H,4,7-8,10H2,1-3H3,(H,17,20). The van der Waals surface area contributed by atoms with E-state index in [0.717, 1.165) is 29.4 Å². The Kier molecular flexibility index (Phi) is 3.45. The molecule has 3 rings (SSSR count). The number of aryl methyl sites for hydroxylation is 2. The van der Waals surface area contributed by atoms with Gasteiger partial charge in [0, 0.05) is 19.0 Å². The van der Waals surface area contributed by atoms with Crippen molar-refractivity contribution in [3.8, 4) is 0 Å². The summed E-state index contributed by atoms with van der Waals surface area (Å²) in [5, 5.41) is 8.57. The predicted octanol–water partition coefficient (Wildman–Crippen LogP) is 2.07. The molecule has 1 aliphatic heterocycles. The number of rotatable bonds is 3. The maximum absolute atomic E-state index is 12.3. The van der Waals surface area contributed by atoms with Crippen molar-refractivity contribution >= 4 is 16.8 Å². The fourth-order valence-electron chi connectivity index (χ4n) is 2.89. The molecule has 1 amide bonds. The third-order valence-electron chi connectivity index (χ3n) is 4.20. The summed E-state index contributed by atoms with van der Waals surface area (Å²) < 4.78 is 7.42. The first kappa shape index (κ1) is 14.1. The number of ether oxygens (including phenoxy) is 1. The summed E-state index contributed by atoms with van der Waals surface area (Å²) in [4.78, 5) is 12.3. The molecule has 0 saturated carbocycles. The number of carbonyl (C=O) groups excluding carboxylic acids is 1. The van der Waals surface area contributed by atoms with Crippen LogP contribution in [0.5, 0.6) is 0 Å². The molecule has 1 aromatic heterocycles. The van der Waals surface area contributed by atoms with Crippen molar-refractivity contribution in [1.29, 1.82) is 0 Å². The highest BCUT2D eigenvalue weighted by molar-refractivity contribution is 5.86. The van der Waals surface area contributed by atoms with Gasteiger partial charge < -0.3 is 10.1 Å². The van der Waals surface area contributed by atoms with Crippen LogP contribution in [-0.4, -0.2) is 27.9 Å². The van der Waals surface area contributed by atoms with Crippen molar-refractivity contribution in [2.24, 2.45) is 7.05 Å². The Morgan fingerprint density at radius 2 is 2.33 bits per heavy atom. The predicted molar refractivity (Wildman–Crippen MR) is 80.9 cm³/mol. The van der Waals surface area contributed by atoms with Crippen molar-refractivity contribution in [2.45, 2.75) is 38.8 Å². The van der Waals surface area contributed by atoms with Crippen molar-refractivity contribution in [2.75, 3.05) is 6.61 Å². The van der Waals surface area contributed by atoms with Gasteiger partial charge in [-0.05, 0) is 38.8 Å². The van der Waals surface area contributed by atoms with Crippen LogP contribution in [0, 0.1) is 6.92 Å². The fourth-order valence-corrected chi connectivity index (χ4v) is 2.89. The second kappa shape index (κ2) is 5.15. The lowest BCUT2D eigenvalue weighted by molar-refractivity contribution is -0.139. The third-order valence-corrected chi connectivity index (χ3v) is 4.20. The highest BCUT2D eigenvalue weighted by Crippen LogP contribution is 2.25. The van der Waals surface area contributed by atoms with Crippen molar-refractivity contribution in [3.05, 3.63) is 29.5 Å². The Labute approximate surface area is 124 Å². The first-order valence-corrected chi connectivity index (χ1v) is 7.34. The van der Waals surface area contributed by atoms with E-state index in [0.29, 0.717) is 13.2 Å². The maximum Gasteiger partial charge on any atom is 0.252 e. The molecule has 5 nitrogen and oxygen atoms in total. The van der Waals surface area contributed by atoms with E-state index in [1.165, 1.54) is 5.56 Å². The summed E-state index contributed by atoms with van der Waals surface area (Å²) in [7, 11) is 1.92. The van der Waals surface area contributed by atoms with Crippen molar-refractivity contribution < 1.29 is 9.53 Å². The van der Waals surface area contributed by atoms with Crippen LogP contribution in [0.1, 0.15) is 31.0 Å². The van der Waals surface area contributed by atoms with Crippen LogP contribution in [-0.2, 0) is 23.1 Å². The molecule has 21 heavy (non-hydrogen) atoms. The maximum atomic E-state index is 12.3. The van der Waals surface area contributed by atoms with Gasteiger partial charge in [0.2, 0.25) is 0 Å². The Morgan fingerprint density at radius 3 is 3.05 bits per heavy atom. The third kappa shape index (κ3) is 2.53. The molecule has 2 heterocycles. The molecule has 1 fully saturated rings. The number of benzene rings is 1. The number of hydrogen-bond acceptors (Lipinski definition) is 3. The zero-order valence-corrected chi connectivity index (χ0v) is 12.8. The average molecular weight is 287 g/mol. The minimum atomic E-state index is -0.680. The molecule has 0 aliphatic carbocycles. The topological polar surface area (TPSA) is 56.1 Å². The van der Waals surface area contributed by atoms with Crippen molar-refractivity contribution in [3.63, 3.8) is 0 Å². The average Bonchev–Trinajstić information content (AvgIpc) is 3.02. The summed E-state index contributed by atoms with van der Waals surface area (Å²) in [6, 6.07) is 6.24. The smallest absolute Gasteiger partial charge is 0.252 e. The minimum absolute atomic E-state index is 0.0496. The number of fused-ring (bicyclic) bond motifs is 1. The number of amides is 1. The largest absolute Gasteiger partial charge is 0.365 e. The Bertz CT molecular complexity index is 684. The van der Waals surface area contributed by atoms with E-state index in [2.05, 4.69) is 35.5 Å². The highest BCUT2D eigenvalue weighted by Gasteiger charge is 2.37. The molecule has 0 bridgehead atoms. The van der Waals surface area contributed by atoms with E-state index in [1.54, 1.807) is 0 Å². The van der Waals surface area contributed by atoms with Crippen molar-refractivity contribution in [1.82, 2.24) is 15.1 Å². The number of nitrogens with zero attached hydrogens (tertiary/aromatic N) is 2. The van der Waals surface area contributed by atoms with Gasteiger partial charge in [-0.3, -0.25) is 9.48 Å². The zero-order valence-electron chi connectivity index (χ0n) is 12.8. The summed E-state index contributed by atoms with van der Waals surface area (Å²) in [5.74, 6) is -0.0496. The van der Waals surface area contributed by atoms with Gasteiger partial charge in [-0.2, -0.15) is 5.10 Å². The van der Waals surface area contributed by atoms with E-state index in [1.807, 2.05) is 18.7 Å².